The van der Waals surface area contributed by atoms with E-state index >= 15 is 0 Å². The molecule has 0 aliphatic heterocycles. The van der Waals surface area contributed by atoms with Crippen LogP contribution < -0.4 is 11.1 Å². The molecule has 1 aliphatic carbocycles. The maximum Gasteiger partial charge on any atom is 0.223 e. The quantitative estimate of drug-likeness (QED) is 0.374. The number of nitrogens with one attached hydrogen (secondary N) is 1. The van der Waals surface area contributed by atoms with Crippen LogP contribution in [0.15, 0.2) is 24.4 Å². The summed E-state index contributed by atoms with van der Waals surface area (Å²) in [5, 5.41) is 32.5. The number of nitrogens with two attached hydrogens (primary N) is 1. The first-order valence-corrected chi connectivity index (χ1v) is 8.37. The summed E-state index contributed by atoms with van der Waals surface area (Å²) in [7, 11) is 0. The Hall–Kier alpha value is -2.44. The maximum absolute atomic E-state index is 10.2. The summed E-state index contributed by atoms with van der Waals surface area (Å²) in [5.74, 6) is 5.51. The van der Waals surface area contributed by atoms with Gasteiger partial charge in [-0.05, 0) is 24.5 Å². The largest absolute Gasteiger partial charge is 0.396 e. The van der Waals surface area contributed by atoms with Gasteiger partial charge in [0.2, 0.25) is 5.95 Å². The molecule has 9 heteroatoms. The molecule has 8 nitrogen and oxygen atoms in total. The van der Waals surface area contributed by atoms with Crippen LogP contribution in [0.25, 0.3) is 0 Å². The third-order valence-electron chi connectivity index (χ3n) is 4.22. The van der Waals surface area contributed by atoms with Gasteiger partial charge in [0, 0.05) is 18.7 Å². The number of hydrogen-bond donors (Lipinski definition) is 5. The van der Waals surface area contributed by atoms with E-state index in [0.29, 0.717) is 17.7 Å². The lowest BCUT2D eigenvalue weighted by molar-refractivity contribution is 0.00445. The highest BCUT2D eigenvalue weighted by atomic mass is 35.5. The van der Waals surface area contributed by atoms with Crippen molar-refractivity contribution in [2.24, 2.45) is 5.92 Å². The van der Waals surface area contributed by atoms with Crippen LogP contribution in [0.5, 0.6) is 0 Å². The number of nitrogens with zero attached hydrogens (tertiary/aromatic N) is 3. The Morgan fingerprint density at radius 1 is 1.23 bits per heavy atom. The number of pyridine rings is 1. The zero-order chi connectivity index (χ0) is 18.7. The molecule has 0 aromatic carbocycles. The molecule has 2 heterocycles. The fourth-order valence-electron chi connectivity index (χ4n) is 2.85. The molecule has 3 rings (SSSR count). The average Bonchev–Trinajstić information content (AvgIpc) is 2.89. The van der Waals surface area contributed by atoms with Crippen molar-refractivity contribution in [1.29, 1.82) is 0 Å². The molecule has 2 aromatic rings. The molecule has 0 spiro atoms. The fraction of sp³-hybridized carbons (Fsp3) is 0.353. The van der Waals surface area contributed by atoms with Crippen molar-refractivity contribution in [3.8, 4) is 11.8 Å². The summed E-state index contributed by atoms with van der Waals surface area (Å²) in [6, 6.07) is 4.79. The van der Waals surface area contributed by atoms with Gasteiger partial charge in [0.25, 0.3) is 0 Å². The summed E-state index contributed by atoms with van der Waals surface area (Å²) in [4.78, 5) is 12.1. The normalized spacial score (nSPS) is 24.8. The summed E-state index contributed by atoms with van der Waals surface area (Å²) in [5.41, 5.74) is 6.52. The SMILES string of the molecule is Nc1nc(Cl)c(C#Cc2ccccn2)c(N[C@@H]2C[C@H](CO)[C@@H](O)[C@H]2O)n1. The van der Waals surface area contributed by atoms with E-state index in [1.807, 2.05) is 6.07 Å². The number of aliphatic hydroxyl groups is 3. The van der Waals surface area contributed by atoms with Crippen molar-refractivity contribution in [3.05, 3.63) is 40.8 Å². The van der Waals surface area contributed by atoms with E-state index in [2.05, 4.69) is 32.1 Å². The van der Waals surface area contributed by atoms with Crippen molar-refractivity contribution in [1.82, 2.24) is 15.0 Å². The molecule has 0 unspecified atom stereocenters. The highest BCUT2D eigenvalue weighted by molar-refractivity contribution is 6.31. The van der Waals surface area contributed by atoms with E-state index in [1.165, 1.54) is 0 Å². The Balaban J connectivity index is 1.91. The standard InChI is InChI=1S/C17H18ClN5O3/c18-15-11(5-4-10-3-1-2-6-20-10)16(23-17(19)22-15)21-12-7-9(8-24)13(25)14(12)26/h1-3,6,9,12-14,24-26H,7-8H2,(H3,19,21,22,23)/t9-,12-,13-,14+/m1/s1. The highest BCUT2D eigenvalue weighted by Gasteiger charge is 2.41. The second-order valence-corrected chi connectivity index (χ2v) is 6.33. The number of rotatable bonds is 3. The van der Waals surface area contributed by atoms with Crippen LogP contribution in [-0.2, 0) is 0 Å². The zero-order valence-electron chi connectivity index (χ0n) is 13.7. The van der Waals surface area contributed by atoms with Crippen LogP contribution in [0.4, 0.5) is 11.8 Å². The van der Waals surface area contributed by atoms with Gasteiger partial charge < -0.3 is 26.4 Å². The van der Waals surface area contributed by atoms with Gasteiger partial charge in [-0.2, -0.15) is 9.97 Å². The third kappa shape index (κ3) is 3.86. The van der Waals surface area contributed by atoms with E-state index in [4.69, 9.17) is 17.3 Å². The monoisotopic (exact) mass is 375 g/mol. The second-order valence-electron chi connectivity index (χ2n) is 5.97. The first-order valence-electron chi connectivity index (χ1n) is 7.99. The topological polar surface area (TPSA) is 137 Å². The lowest BCUT2D eigenvalue weighted by atomic mass is 10.1. The predicted octanol–water partition coefficient (Wildman–Crippen LogP) is 0.0215. The molecule has 1 aliphatic rings. The summed E-state index contributed by atoms with van der Waals surface area (Å²) < 4.78 is 0. The number of nitrogen functional groups attached to an aromatic ring is 1. The first kappa shape index (κ1) is 18.4. The first-order chi connectivity index (χ1) is 12.5. The fourth-order valence-corrected chi connectivity index (χ4v) is 3.08. The smallest absolute Gasteiger partial charge is 0.223 e. The molecule has 1 fully saturated rings. The van der Waals surface area contributed by atoms with Gasteiger partial charge >= 0.3 is 0 Å². The minimum absolute atomic E-state index is 0.0485. The Morgan fingerprint density at radius 3 is 2.69 bits per heavy atom. The molecular weight excluding hydrogens is 358 g/mol. The number of anilines is 2. The molecule has 4 atom stereocenters. The van der Waals surface area contributed by atoms with Crippen LogP contribution >= 0.6 is 11.6 Å². The zero-order valence-corrected chi connectivity index (χ0v) is 14.4. The lowest BCUT2D eigenvalue weighted by Crippen LogP contribution is -2.35. The molecule has 0 bridgehead atoms. The molecule has 0 amide bonds. The van der Waals surface area contributed by atoms with Crippen LogP contribution in [0.2, 0.25) is 5.15 Å². The van der Waals surface area contributed by atoms with Crippen LogP contribution in [0, 0.1) is 17.8 Å². The van der Waals surface area contributed by atoms with Gasteiger partial charge in [0.15, 0.2) is 5.15 Å². The van der Waals surface area contributed by atoms with Gasteiger partial charge in [0.05, 0.1) is 12.1 Å². The molecule has 26 heavy (non-hydrogen) atoms. The Labute approximate surface area is 155 Å². The van der Waals surface area contributed by atoms with Gasteiger partial charge in [-0.3, -0.25) is 0 Å². The van der Waals surface area contributed by atoms with Crippen molar-refractivity contribution in [2.75, 3.05) is 17.7 Å². The van der Waals surface area contributed by atoms with E-state index in [-0.39, 0.29) is 23.5 Å². The van der Waals surface area contributed by atoms with Crippen molar-refractivity contribution in [3.63, 3.8) is 0 Å². The van der Waals surface area contributed by atoms with Crippen LogP contribution in [0.3, 0.4) is 0 Å². The molecule has 0 radical (unpaired) electrons. The van der Waals surface area contributed by atoms with Gasteiger partial charge in [-0.15, -0.1) is 0 Å². The number of aliphatic hydroxyl groups excluding tert-OH is 3. The number of hydrogen-bond acceptors (Lipinski definition) is 8. The molecule has 2 aromatic heterocycles. The van der Waals surface area contributed by atoms with Gasteiger partial charge in [-0.25, -0.2) is 4.98 Å². The second kappa shape index (κ2) is 7.85. The lowest BCUT2D eigenvalue weighted by Gasteiger charge is -2.19. The number of halogens is 1. The Morgan fingerprint density at radius 2 is 2.04 bits per heavy atom. The third-order valence-corrected chi connectivity index (χ3v) is 4.49. The maximum atomic E-state index is 10.2. The van der Waals surface area contributed by atoms with E-state index < -0.39 is 24.2 Å². The summed E-state index contributed by atoms with van der Waals surface area (Å²) >= 11 is 6.16. The van der Waals surface area contributed by atoms with Crippen LogP contribution in [0.1, 0.15) is 17.7 Å². The van der Waals surface area contributed by atoms with Crippen molar-refractivity contribution in [2.45, 2.75) is 24.7 Å². The number of aromatic nitrogens is 3. The van der Waals surface area contributed by atoms with Crippen molar-refractivity contribution >= 4 is 23.4 Å². The highest BCUT2D eigenvalue weighted by Crippen LogP contribution is 2.30. The van der Waals surface area contributed by atoms with Gasteiger partial charge in [0.1, 0.15) is 23.2 Å². The van der Waals surface area contributed by atoms with Crippen molar-refractivity contribution < 1.29 is 15.3 Å². The molecule has 6 N–H and O–H groups in total. The summed E-state index contributed by atoms with van der Waals surface area (Å²) in [6.45, 7) is -0.227. The van der Waals surface area contributed by atoms with Gasteiger partial charge in [-0.1, -0.05) is 23.6 Å². The van der Waals surface area contributed by atoms with E-state index in [0.717, 1.165) is 0 Å². The molecule has 1 saturated carbocycles. The van der Waals surface area contributed by atoms with E-state index in [1.54, 1.807) is 18.3 Å². The van der Waals surface area contributed by atoms with E-state index in [9.17, 15) is 15.3 Å². The molecule has 136 valence electrons. The minimum atomic E-state index is -1.07. The predicted molar refractivity (Wildman–Crippen MR) is 96.3 cm³/mol. The minimum Gasteiger partial charge on any atom is -0.396 e. The Bertz CT molecular complexity index is 840. The molecule has 0 saturated heterocycles. The summed E-state index contributed by atoms with van der Waals surface area (Å²) in [6.07, 6.45) is -0.128. The van der Waals surface area contributed by atoms with Crippen LogP contribution in [-0.4, -0.2) is 55.1 Å². The average molecular weight is 376 g/mol. The molecular formula is C17H18ClN5O3. The Kier molecular flexibility index (Phi) is 5.54.